The Morgan fingerprint density at radius 2 is 2.07 bits per heavy atom. The van der Waals surface area contributed by atoms with Crippen molar-refractivity contribution in [3.63, 3.8) is 0 Å². The molecule has 0 aliphatic carbocycles. The van der Waals surface area contributed by atoms with Gasteiger partial charge in [-0.25, -0.2) is 4.98 Å². The minimum atomic E-state index is -0.222. The quantitative estimate of drug-likeness (QED) is 0.430. The normalized spacial score (nSPS) is 19.1. The van der Waals surface area contributed by atoms with Gasteiger partial charge in [0.25, 0.3) is 11.5 Å². The van der Waals surface area contributed by atoms with Gasteiger partial charge in [0.05, 0.1) is 23.7 Å². The smallest absolute Gasteiger partial charge is 0.267 e. The molecule has 0 radical (unpaired) electrons. The van der Waals surface area contributed by atoms with E-state index in [4.69, 9.17) is 21.9 Å². The SMILES string of the molecule is C=CCN1C(=O)/C(=C\c2c(N3CCOCC3)nc3ccccn3c2=O)SC1=S. The molecule has 2 aliphatic heterocycles. The molecule has 0 aromatic carbocycles. The largest absolute Gasteiger partial charge is 0.378 e. The zero-order valence-electron chi connectivity index (χ0n) is 15.0. The van der Waals surface area contributed by atoms with Crippen LogP contribution < -0.4 is 10.5 Å². The highest BCUT2D eigenvalue weighted by atomic mass is 32.2. The summed E-state index contributed by atoms with van der Waals surface area (Å²) in [7, 11) is 0. The topological polar surface area (TPSA) is 67.2 Å². The standard InChI is InChI=1S/C19H18N4O3S2/c1-2-6-23-18(25)14(28-19(23)27)12-13-16(21-8-10-26-11-9-21)20-15-5-3-4-7-22(15)17(13)24/h2-5,7,12H,1,6,8-11H2/b14-12+. The molecular weight excluding hydrogens is 396 g/mol. The van der Waals surface area contributed by atoms with Crippen molar-refractivity contribution >= 4 is 51.7 Å². The number of rotatable bonds is 4. The molecular formula is C19H18N4O3S2. The van der Waals surface area contributed by atoms with Crippen molar-refractivity contribution in [1.29, 1.82) is 0 Å². The van der Waals surface area contributed by atoms with Crippen molar-refractivity contribution in [3.8, 4) is 0 Å². The Labute approximate surface area is 171 Å². The number of nitrogens with zero attached hydrogens (tertiary/aromatic N) is 4. The van der Waals surface area contributed by atoms with E-state index in [1.807, 2.05) is 11.0 Å². The minimum Gasteiger partial charge on any atom is -0.378 e. The molecule has 2 aliphatic rings. The number of thioether (sulfide) groups is 1. The number of ether oxygens (including phenoxy) is 1. The van der Waals surface area contributed by atoms with Gasteiger partial charge in [-0.15, -0.1) is 6.58 Å². The van der Waals surface area contributed by atoms with Crippen LogP contribution in [0.1, 0.15) is 5.56 Å². The lowest BCUT2D eigenvalue weighted by Gasteiger charge is -2.29. The highest BCUT2D eigenvalue weighted by Crippen LogP contribution is 2.33. The van der Waals surface area contributed by atoms with Gasteiger partial charge in [-0.05, 0) is 18.2 Å². The number of morpholine rings is 1. The average Bonchev–Trinajstić information content (AvgIpc) is 2.98. The van der Waals surface area contributed by atoms with Crippen LogP contribution in [-0.2, 0) is 9.53 Å². The van der Waals surface area contributed by atoms with Crippen molar-refractivity contribution < 1.29 is 9.53 Å². The second kappa shape index (κ2) is 7.86. The van der Waals surface area contributed by atoms with Crippen molar-refractivity contribution in [2.24, 2.45) is 0 Å². The Morgan fingerprint density at radius 3 is 2.82 bits per heavy atom. The van der Waals surface area contributed by atoms with Crippen LogP contribution in [0.25, 0.3) is 11.7 Å². The number of hydrogen-bond donors (Lipinski definition) is 0. The first kappa shape index (κ1) is 18.9. The Kier molecular flexibility index (Phi) is 5.29. The van der Waals surface area contributed by atoms with Gasteiger partial charge in [-0.3, -0.25) is 18.9 Å². The van der Waals surface area contributed by atoms with Crippen LogP contribution in [0.2, 0.25) is 0 Å². The van der Waals surface area contributed by atoms with Crippen LogP contribution in [0.15, 0.2) is 46.8 Å². The first-order valence-corrected chi connectivity index (χ1v) is 10.0. The van der Waals surface area contributed by atoms with E-state index < -0.39 is 0 Å². The van der Waals surface area contributed by atoms with Crippen LogP contribution in [-0.4, -0.2) is 57.4 Å². The van der Waals surface area contributed by atoms with E-state index in [1.54, 1.807) is 30.5 Å². The van der Waals surface area contributed by atoms with Crippen LogP contribution >= 0.6 is 24.0 Å². The second-order valence-electron chi connectivity index (χ2n) is 6.26. The second-order valence-corrected chi connectivity index (χ2v) is 7.94. The fourth-order valence-electron chi connectivity index (χ4n) is 3.15. The lowest BCUT2D eigenvalue weighted by Crippen LogP contribution is -2.38. The maximum atomic E-state index is 13.2. The molecule has 7 nitrogen and oxygen atoms in total. The van der Waals surface area contributed by atoms with Crippen LogP contribution in [0, 0.1) is 0 Å². The number of pyridine rings is 1. The first-order valence-electron chi connectivity index (χ1n) is 8.80. The third kappa shape index (κ3) is 3.36. The summed E-state index contributed by atoms with van der Waals surface area (Å²) >= 11 is 6.49. The number of carbonyl (C=O) groups excluding carboxylic acids is 1. The monoisotopic (exact) mass is 414 g/mol. The summed E-state index contributed by atoms with van der Waals surface area (Å²) in [4.78, 5) is 34.5. The molecule has 4 heterocycles. The maximum Gasteiger partial charge on any atom is 0.267 e. The van der Waals surface area contributed by atoms with Gasteiger partial charge in [-0.2, -0.15) is 0 Å². The van der Waals surface area contributed by atoms with E-state index in [0.717, 1.165) is 0 Å². The zero-order chi connectivity index (χ0) is 19.7. The summed E-state index contributed by atoms with van der Waals surface area (Å²) < 4.78 is 7.37. The lowest BCUT2D eigenvalue weighted by atomic mass is 10.2. The van der Waals surface area contributed by atoms with E-state index in [1.165, 1.54) is 21.1 Å². The summed E-state index contributed by atoms with van der Waals surface area (Å²) in [5.74, 6) is 0.342. The molecule has 0 bridgehead atoms. The summed E-state index contributed by atoms with van der Waals surface area (Å²) in [5, 5.41) is 0. The fourth-order valence-corrected chi connectivity index (χ4v) is 4.41. The van der Waals surface area contributed by atoms with Gasteiger partial charge in [0.2, 0.25) is 0 Å². The Bertz CT molecular complexity index is 1060. The van der Waals surface area contributed by atoms with Gasteiger partial charge in [0.15, 0.2) is 0 Å². The molecule has 144 valence electrons. The molecule has 28 heavy (non-hydrogen) atoms. The van der Waals surface area contributed by atoms with Gasteiger partial charge in [0, 0.05) is 25.8 Å². The van der Waals surface area contributed by atoms with E-state index in [9.17, 15) is 9.59 Å². The molecule has 1 amide bonds. The molecule has 0 spiro atoms. The molecule has 2 aromatic heterocycles. The molecule has 4 rings (SSSR count). The number of anilines is 1. The fraction of sp³-hybridized carbons (Fsp3) is 0.263. The van der Waals surface area contributed by atoms with Gasteiger partial charge in [-0.1, -0.05) is 36.1 Å². The van der Waals surface area contributed by atoms with E-state index >= 15 is 0 Å². The summed E-state index contributed by atoms with van der Waals surface area (Å²) in [6, 6.07) is 5.40. The third-order valence-electron chi connectivity index (χ3n) is 4.52. The van der Waals surface area contributed by atoms with Crippen LogP contribution in [0.4, 0.5) is 5.82 Å². The first-order chi connectivity index (χ1) is 13.6. The molecule has 0 N–H and O–H groups in total. The molecule has 9 heteroatoms. The highest BCUT2D eigenvalue weighted by molar-refractivity contribution is 8.26. The van der Waals surface area contributed by atoms with Crippen molar-refractivity contribution in [2.75, 3.05) is 37.7 Å². The predicted octanol–water partition coefficient (Wildman–Crippen LogP) is 1.92. The number of carbonyl (C=O) groups is 1. The van der Waals surface area contributed by atoms with Crippen molar-refractivity contribution in [1.82, 2.24) is 14.3 Å². The summed E-state index contributed by atoms with van der Waals surface area (Å²) in [6.45, 7) is 6.40. The number of thiocarbonyl (C=S) groups is 1. The summed E-state index contributed by atoms with van der Waals surface area (Å²) in [5.41, 5.74) is 0.719. The Hall–Kier alpha value is -2.49. The molecule has 2 saturated heterocycles. The van der Waals surface area contributed by atoms with Gasteiger partial charge < -0.3 is 9.64 Å². The van der Waals surface area contributed by atoms with E-state index in [2.05, 4.69) is 6.58 Å². The number of amides is 1. The number of hydrogen-bond acceptors (Lipinski definition) is 7. The number of aromatic nitrogens is 2. The lowest BCUT2D eigenvalue weighted by molar-refractivity contribution is -0.121. The predicted molar refractivity (Wildman–Crippen MR) is 115 cm³/mol. The van der Waals surface area contributed by atoms with Crippen LogP contribution in [0.5, 0.6) is 0 Å². The number of fused-ring (bicyclic) bond motifs is 1. The molecule has 2 fully saturated rings. The zero-order valence-corrected chi connectivity index (χ0v) is 16.7. The van der Waals surface area contributed by atoms with Crippen molar-refractivity contribution in [2.45, 2.75) is 0 Å². The van der Waals surface area contributed by atoms with E-state index in [-0.39, 0.29) is 11.5 Å². The third-order valence-corrected chi connectivity index (χ3v) is 5.90. The molecule has 0 unspecified atom stereocenters. The molecule has 0 saturated carbocycles. The van der Waals surface area contributed by atoms with Crippen molar-refractivity contribution in [3.05, 3.63) is 57.9 Å². The summed E-state index contributed by atoms with van der Waals surface area (Å²) in [6.07, 6.45) is 4.91. The van der Waals surface area contributed by atoms with E-state index in [0.29, 0.717) is 59.1 Å². The molecule has 0 atom stereocenters. The Morgan fingerprint density at radius 1 is 1.29 bits per heavy atom. The highest BCUT2D eigenvalue weighted by Gasteiger charge is 2.32. The molecule has 2 aromatic rings. The maximum absolute atomic E-state index is 13.2. The average molecular weight is 415 g/mol. The van der Waals surface area contributed by atoms with Gasteiger partial charge >= 0.3 is 0 Å². The Balaban J connectivity index is 1.86. The van der Waals surface area contributed by atoms with Crippen LogP contribution in [0.3, 0.4) is 0 Å². The van der Waals surface area contributed by atoms with Gasteiger partial charge in [0.1, 0.15) is 15.8 Å². The minimum absolute atomic E-state index is 0.221.